The molecule has 0 saturated carbocycles. The minimum Gasteiger partial charge on any atom is -0.373 e. The predicted octanol–water partition coefficient (Wildman–Crippen LogP) is 0.292. The lowest BCUT2D eigenvalue weighted by molar-refractivity contribution is -0.136. The zero-order valence-electron chi connectivity index (χ0n) is 10.5. The van der Waals surface area contributed by atoms with E-state index < -0.39 is 6.04 Å². The summed E-state index contributed by atoms with van der Waals surface area (Å²) in [6, 6.07) is -0.421. The molecule has 2 fully saturated rings. The van der Waals surface area contributed by atoms with E-state index in [9.17, 15) is 9.59 Å². The van der Waals surface area contributed by atoms with Crippen molar-refractivity contribution in [2.45, 2.75) is 44.8 Å². The van der Waals surface area contributed by atoms with Gasteiger partial charge in [-0.05, 0) is 26.7 Å². The van der Waals surface area contributed by atoms with Crippen LogP contribution in [0.5, 0.6) is 0 Å². The van der Waals surface area contributed by atoms with Crippen LogP contribution in [0, 0.1) is 0 Å². The summed E-state index contributed by atoms with van der Waals surface area (Å²) in [6.07, 6.45) is 2.41. The highest BCUT2D eigenvalue weighted by molar-refractivity contribution is 5.89. The molecule has 0 aromatic heterocycles. The zero-order chi connectivity index (χ0) is 12.5. The average Bonchev–Trinajstić information content (AvgIpc) is 2.65. The van der Waals surface area contributed by atoms with Crippen LogP contribution in [0.1, 0.15) is 33.1 Å². The molecule has 2 saturated heterocycles. The van der Waals surface area contributed by atoms with Crippen LogP contribution in [0.4, 0.5) is 0 Å². The van der Waals surface area contributed by atoms with Crippen molar-refractivity contribution in [2.24, 2.45) is 0 Å². The van der Waals surface area contributed by atoms with Gasteiger partial charge in [-0.2, -0.15) is 0 Å². The van der Waals surface area contributed by atoms with Gasteiger partial charge >= 0.3 is 0 Å². The first-order valence-corrected chi connectivity index (χ1v) is 6.22. The Morgan fingerprint density at radius 2 is 2.29 bits per heavy atom. The summed E-state index contributed by atoms with van der Waals surface area (Å²) in [5, 5.41) is 2.69. The van der Waals surface area contributed by atoms with Gasteiger partial charge < -0.3 is 15.0 Å². The molecule has 2 unspecified atom stereocenters. The standard InChI is InChI=1S/C12H20N2O3/c1-9-11(16)14(6-4-10(15)13-9)8-12(2)5-3-7-17-12/h9H,3-8H2,1-2H3,(H,13,15). The van der Waals surface area contributed by atoms with Crippen LogP contribution in [0.15, 0.2) is 0 Å². The van der Waals surface area contributed by atoms with Crippen LogP contribution in [0.25, 0.3) is 0 Å². The lowest BCUT2D eigenvalue weighted by Crippen LogP contribution is -2.48. The molecule has 0 radical (unpaired) electrons. The van der Waals surface area contributed by atoms with Crippen LogP contribution in [-0.4, -0.2) is 48.1 Å². The van der Waals surface area contributed by atoms with Gasteiger partial charge in [0.25, 0.3) is 0 Å². The first kappa shape index (κ1) is 12.4. The SMILES string of the molecule is CC1NC(=O)CCN(CC2(C)CCCO2)C1=O. The lowest BCUT2D eigenvalue weighted by Gasteiger charge is -2.31. The van der Waals surface area contributed by atoms with Gasteiger partial charge in [-0.1, -0.05) is 0 Å². The van der Waals surface area contributed by atoms with Gasteiger partial charge in [0.05, 0.1) is 5.60 Å². The highest BCUT2D eigenvalue weighted by Crippen LogP contribution is 2.26. The Hall–Kier alpha value is -1.10. The van der Waals surface area contributed by atoms with E-state index in [0.717, 1.165) is 19.4 Å². The molecule has 2 atom stereocenters. The van der Waals surface area contributed by atoms with E-state index in [1.807, 2.05) is 6.92 Å². The van der Waals surface area contributed by atoms with Gasteiger partial charge in [-0.15, -0.1) is 0 Å². The number of carbonyl (C=O) groups excluding carboxylic acids is 2. The minimum absolute atomic E-state index is 0.00687. The number of rotatable bonds is 2. The average molecular weight is 240 g/mol. The molecule has 0 spiro atoms. The second-order valence-electron chi connectivity index (χ2n) is 5.20. The Morgan fingerprint density at radius 3 is 2.94 bits per heavy atom. The largest absolute Gasteiger partial charge is 0.373 e. The molecule has 1 N–H and O–H groups in total. The van der Waals surface area contributed by atoms with E-state index in [-0.39, 0.29) is 17.4 Å². The van der Waals surface area contributed by atoms with Crippen LogP contribution in [0.2, 0.25) is 0 Å². The van der Waals surface area contributed by atoms with Crippen molar-refractivity contribution in [1.29, 1.82) is 0 Å². The highest BCUT2D eigenvalue weighted by Gasteiger charge is 2.36. The third kappa shape index (κ3) is 2.77. The number of hydrogen-bond acceptors (Lipinski definition) is 3. The molecule has 2 aliphatic heterocycles. The number of amides is 2. The molecule has 0 aromatic rings. The molecule has 0 aliphatic carbocycles. The summed E-state index contributed by atoms with van der Waals surface area (Å²) < 4.78 is 5.70. The maximum Gasteiger partial charge on any atom is 0.244 e. The first-order chi connectivity index (χ1) is 8.00. The molecule has 17 heavy (non-hydrogen) atoms. The van der Waals surface area contributed by atoms with Gasteiger partial charge in [0, 0.05) is 26.1 Å². The monoisotopic (exact) mass is 240 g/mol. The fourth-order valence-electron chi connectivity index (χ4n) is 2.52. The van der Waals surface area contributed by atoms with Gasteiger partial charge in [-0.3, -0.25) is 9.59 Å². The molecule has 2 heterocycles. The van der Waals surface area contributed by atoms with Gasteiger partial charge in [0.1, 0.15) is 6.04 Å². The van der Waals surface area contributed by atoms with E-state index in [4.69, 9.17) is 4.74 Å². The van der Waals surface area contributed by atoms with E-state index in [2.05, 4.69) is 5.32 Å². The third-order valence-corrected chi connectivity index (χ3v) is 3.49. The van der Waals surface area contributed by atoms with E-state index in [1.165, 1.54) is 0 Å². The summed E-state index contributed by atoms with van der Waals surface area (Å²) in [6.45, 7) is 5.62. The molecular formula is C12H20N2O3. The van der Waals surface area contributed by atoms with Crippen LogP contribution < -0.4 is 5.32 Å². The fraction of sp³-hybridized carbons (Fsp3) is 0.833. The van der Waals surface area contributed by atoms with Crippen molar-refractivity contribution < 1.29 is 14.3 Å². The number of ether oxygens (including phenoxy) is 1. The third-order valence-electron chi connectivity index (χ3n) is 3.49. The van der Waals surface area contributed by atoms with Crippen molar-refractivity contribution in [3.05, 3.63) is 0 Å². The van der Waals surface area contributed by atoms with Crippen molar-refractivity contribution in [2.75, 3.05) is 19.7 Å². The molecule has 0 bridgehead atoms. The minimum atomic E-state index is -0.421. The molecule has 5 nitrogen and oxygen atoms in total. The molecule has 96 valence electrons. The number of nitrogens with one attached hydrogen (secondary N) is 1. The second-order valence-corrected chi connectivity index (χ2v) is 5.20. The Kier molecular flexibility index (Phi) is 3.38. The maximum absolute atomic E-state index is 12.1. The number of nitrogens with zero attached hydrogens (tertiary/aromatic N) is 1. The van der Waals surface area contributed by atoms with Gasteiger partial charge in [0.15, 0.2) is 0 Å². The second kappa shape index (κ2) is 4.64. The highest BCUT2D eigenvalue weighted by atomic mass is 16.5. The molecule has 5 heteroatoms. The normalized spacial score (nSPS) is 34.7. The van der Waals surface area contributed by atoms with E-state index in [1.54, 1.807) is 11.8 Å². The first-order valence-electron chi connectivity index (χ1n) is 6.22. The summed E-state index contributed by atoms with van der Waals surface area (Å²) >= 11 is 0. The quantitative estimate of drug-likeness (QED) is 0.755. The molecule has 2 aliphatic rings. The van der Waals surface area contributed by atoms with Crippen LogP contribution in [-0.2, 0) is 14.3 Å². The van der Waals surface area contributed by atoms with E-state index >= 15 is 0 Å². The molecule has 0 aromatic carbocycles. The van der Waals surface area contributed by atoms with Gasteiger partial charge in [-0.25, -0.2) is 0 Å². The van der Waals surface area contributed by atoms with Crippen LogP contribution >= 0.6 is 0 Å². The summed E-state index contributed by atoms with van der Waals surface area (Å²) in [7, 11) is 0. The zero-order valence-corrected chi connectivity index (χ0v) is 10.5. The van der Waals surface area contributed by atoms with Crippen molar-refractivity contribution in [3.63, 3.8) is 0 Å². The van der Waals surface area contributed by atoms with E-state index in [0.29, 0.717) is 19.5 Å². The predicted molar refractivity (Wildman–Crippen MR) is 62.4 cm³/mol. The van der Waals surface area contributed by atoms with Crippen LogP contribution in [0.3, 0.4) is 0 Å². The summed E-state index contributed by atoms with van der Waals surface area (Å²) in [5.41, 5.74) is -0.233. The Bertz CT molecular complexity index is 324. The summed E-state index contributed by atoms with van der Waals surface area (Å²) in [4.78, 5) is 25.2. The smallest absolute Gasteiger partial charge is 0.244 e. The van der Waals surface area contributed by atoms with Gasteiger partial charge in [0.2, 0.25) is 11.8 Å². The lowest BCUT2D eigenvalue weighted by atomic mass is 10.0. The number of carbonyl (C=O) groups is 2. The fourth-order valence-corrected chi connectivity index (χ4v) is 2.52. The Labute approximate surface area is 101 Å². The Morgan fingerprint density at radius 1 is 1.53 bits per heavy atom. The Balaban J connectivity index is 2.03. The summed E-state index contributed by atoms with van der Waals surface area (Å²) in [5.74, 6) is -0.0570. The molecule has 2 rings (SSSR count). The number of hydrogen-bond donors (Lipinski definition) is 1. The topological polar surface area (TPSA) is 58.6 Å². The maximum atomic E-state index is 12.1. The van der Waals surface area contributed by atoms with Crippen molar-refractivity contribution in [3.8, 4) is 0 Å². The van der Waals surface area contributed by atoms with Crippen molar-refractivity contribution in [1.82, 2.24) is 10.2 Å². The van der Waals surface area contributed by atoms with Crippen molar-refractivity contribution >= 4 is 11.8 Å². The molecular weight excluding hydrogens is 220 g/mol. The molecule has 2 amide bonds.